The van der Waals surface area contributed by atoms with Crippen LogP contribution >= 0.6 is 11.8 Å². The number of ether oxygens (including phenoxy) is 1. The van der Waals surface area contributed by atoms with Crippen molar-refractivity contribution < 1.29 is 14.3 Å². The van der Waals surface area contributed by atoms with Crippen LogP contribution in [0.3, 0.4) is 0 Å². The third-order valence-electron chi connectivity index (χ3n) is 5.01. The van der Waals surface area contributed by atoms with Gasteiger partial charge in [0.25, 0.3) is 5.91 Å². The molecule has 1 aliphatic heterocycles. The van der Waals surface area contributed by atoms with Gasteiger partial charge in [0, 0.05) is 22.5 Å². The Balaban J connectivity index is 1.62. The number of nitrogens with zero attached hydrogens (tertiary/aromatic N) is 1. The van der Waals surface area contributed by atoms with Gasteiger partial charge in [0.15, 0.2) is 0 Å². The highest BCUT2D eigenvalue weighted by Crippen LogP contribution is 2.44. The van der Waals surface area contributed by atoms with Gasteiger partial charge in [-0.15, -0.1) is 11.8 Å². The molecule has 3 aromatic carbocycles. The van der Waals surface area contributed by atoms with Crippen LogP contribution in [0.1, 0.15) is 26.9 Å². The summed E-state index contributed by atoms with van der Waals surface area (Å²) in [5.41, 5.74) is 4.13. The number of carbonyl (C=O) groups excluding carboxylic acids is 2. The summed E-state index contributed by atoms with van der Waals surface area (Å²) in [5, 5.41) is 2.80. The Hall–Kier alpha value is -3.25. The average molecular weight is 419 g/mol. The average Bonchev–Trinajstić information content (AvgIpc) is 3.16. The molecule has 1 fully saturated rings. The lowest BCUT2D eigenvalue weighted by Gasteiger charge is -2.26. The highest BCUT2D eigenvalue weighted by molar-refractivity contribution is 8.00. The Morgan fingerprint density at radius 1 is 1.03 bits per heavy atom. The second kappa shape index (κ2) is 8.63. The van der Waals surface area contributed by atoms with E-state index in [-0.39, 0.29) is 17.2 Å². The number of benzene rings is 3. The molecule has 3 aromatic rings. The van der Waals surface area contributed by atoms with Gasteiger partial charge in [-0.2, -0.15) is 0 Å². The van der Waals surface area contributed by atoms with Crippen LogP contribution in [0.15, 0.2) is 72.8 Å². The van der Waals surface area contributed by atoms with Crippen LogP contribution in [-0.2, 0) is 4.79 Å². The summed E-state index contributed by atoms with van der Waals surface area (Å²) in [6.07, 6.45) is 0. The number of anilines is 2. The monoisotopic (exact) mass is 418 g/mol. The molecule has 6 heteroatoms. The smallest absolute Gasteiger partial charge is 0.255 e. The van der Waals surface area contributed by atoms with Crippen molar-refractivity contribution in [2.24, 2.45) is 0 Å². The largest absolute Gasteiger partial charge is 0.497 e. The number of amides is 2. The molecule has 5 nitrogen and oxygen atoms in total. The fourth-order valence-electron chi connectivity index (χ4n) is 3.40. The minimum Gasteiger partial charge on any atom is -0.497 e. The van der Waals surface area contributed by atoms with E-state index in [1.54, 1.807) is 43.1 Å². The van der Waals surface area contributed by atoms with Crippen molar-refractivity contribution in [3.8, 4) is 5.75 Å². The quantitative estimate of drug-likeness (QED) is 0.631. The van der Waals surface area contributed by atoms with Crippen molar-refractivity contribution in [1.82, 2.24) is 0 Å². The zero-order valence-electron chi connectivity index (χ0n) is 16.8. The fraction of sp³-hybridized carbons (Fsp3) is 0.167. The minimum atomic E-state index is -0.207. The van der Waals surface area contributed by atoms with Gasteiger partial charge >= 0.3 is 0 Å². The number of nitrogens with one attached hydrogen (secondary N) is 1. The van der Waals surface area contributed by atoms with E-state index < -0.39 is 0 Å². The molecule has 4 rings (SSSR count). The molecule has 0 spiro atoms. The number of thioether (sulfide) groups is 1. The number of hydrogen-bond donors (Lipinski definition) is 1. The molecule has 152 valence electrons. The molecule has 30 heavy (non-hydrogen) atoms. The SMILES string of the molecule is COc1ccc(C(=O)Nc2ccccc2C2SCC(=O)N2c2ccc(C)cc2)cc1. The number of carbonyl (C=O) groups is 2. The van der Waals surface area contributed by atoms with E-state index in [9.17, 15) is 9.59 Å². The van der Waals surface area contributed by atoms with Crippen LogP contribution in [0.25, 0.3) is 0 Å². The van der Waals surface area contributed by atoms with E-state index >= 15 is 0 Å². The molecule has 0 aliphatic carbocycles. The van der Waals surface area contributed by atoms with Gasteiger partial charge < -0.3 is 10.1 Å². The molecule has 0 radical (unpaired) electrons. The van der Waals surface area contributed by atoms with Gasteiger partial charge in [0.1, 0.15) is 11.1 Å². The van der Waals surface area contributed by atoms with Crippen molar-refractivity contribution >= 4 is 35.0 Å². The van der Waals surface area contributed by atoms with E-state index in [0.717, 1.165) is 16.8 Å². The predicted molar refractivity (Wildman–Crippen MR) is 121 cm³/mol. The Labute approximate surface area is 180 Å². The predicted octanol–water partition coefficient (Wildman–Crippen LogP) is 5.03. The highest BCUT2D eigenvalue weighted by Gasteiger charge is 2.35. The molecular weight excluding hydrogens is 396 g/mol. The number of rotatable bonds is 5. The summed E-state index contributed by atoms with van der Waals surface area (Å²) in [5.74, 6) is 0.951. The molecule has 1 atom stereocenters. The van der Waals surface area contributed by atoms with Crippen molar-refractivity contribution in [2.45, 2.75) is 12.3 Å². The molecule has 1 aliphatic rings. The Morgan fingerprint density at radius 2 is 1.73 bits per heavy atom. The van der Waals surface area contributed by atoms with Crippen molar-refractivity contribution in [3.05, 3.63) is 89.5 Å². The van der Waals surface area contributed by atoms with E-state index in [1.165, 1.54) is 0 Å². The first-order chi connectivity index (χ1) is 14.6. The van der Waals surface area contributed by atoms with Gasteiger partial charge in [0.2, 0.25) is 5.91 Å². The summed E-state index contributed by atoms with van der Waals surface area (Å²) in [7, 11) is 1.59. The second-order valence-electron chi connectivity index (χ2n) is 7.03. The Bertz CT molecular complexity index is 1060. The maximum Gasteiger partial charge on any atom is 0.255 e. The van der Waals surface area contributed by atoms with E-state index in [1.807, 2.05) is 60.4 Å². The molecule has 1 saturated heterocycles. The molecule has 0 aromatic heterocycles. The third-order valence-corrected chi connectivity index (χ3v) is 6.20. The summed E-state index contributed by atoms with van der Waals surface area (Å²) >= 11 is 1.56. The first kappa shape index (κ1) is 20.0. The first-order valence-electron chi connectivity index (χ1n) is 9.61. The minimum absolute atomic E-state index is 0.0603. The summed E-state index contributed by atoms with van der Waals surface area (Å²) in [4.78, 5) is 27.3. The lowest BCUT2D eigenvalue weighted by molar-refractivity contribution is -0.115. The van der Waals surface area contributed by atoms with Crippen LogP contribution in [0, 0.1) is 6.92 Å². The molecular formula is C24H22N2O3S. The van der Waals surface area contributed by atoms with Gasteiger partial charge in [-0.1, -0.05) is 35.9 Å². The van der Waals surface area contributed by atoms with Crippen LogP contribution in [0.2, 0.25) is 0 Å². The van der Waals surface area contributed by atoms with Crippen molar-refractivity contribution in [3.63, 3.8) is 0 Å². The van der Waals surface area contributed by atoms with Gasteiger partial charge in [-0.3, -0.25) is 14.5 Å². The zero-order valence-corrected chi connectivity index (χ0v) is 17.6. The molecule has 1 N–H and O–H groups in total. The lowest BCUT2D eigenvalue weighted by atomic mass is 10.1. The summed E-state index contributed by atoms with van der Waals surface area (Å²) < 4.78 is 5.15. The topological polar surface area (TPSA) is 58.6 Å². The Kier molecular flexibility index (Phi) is 5.77. The maximum absolute atomic E-state index is 12.8. The summed E-state index contributed by atoms with van der Waals surface area (Å²) in [6.45, 7) is 2.02. The van der Waals surface area contributed by atoms with Crippen LogP contribution in [-0.4, -0.2) is 24.7 Å². The first-order valence-corrected chi connectivity index (χ1v) is 10.7. The number of hydrogen-bond acceptors (Lipinski definition) is 4. The van der Waals surface area contributed by atoms with Gasteiger partial charge in [0.05, 0.1) is 12.9 Å². The molecule has 2 amide bonds. The van der Waals surface area contributed by atoms with Gasteiger partial charge in [-0.05, 0) is 49.4 Å². The third kappa shape index (κ3) is 4.04. The molecule has 1 heterocycles. The standard InChI is InChI=1S/C24H22N2O3S/c1-16-7-11-18(12-8-16)26-22(27)15-30-24(26)20-5-3-4-6-21(20)25-23(28)17-9-13-19(29-2)14-10-17/h3-14,24H,15H2,1-2H3,(H,25,28). The van der Waals surface area contributed by atoms with E-state index in [2.05, 4.69) is 5.32 Å². The van der Waals surface area contributed by atoms with Crippen LogP contribution < -0.4 is 15.0 Å². The van der Waals surface area contributed by atoms with Crippen molar-refractivity contribution in [1.29, 1.82) is 0 Å². The van der Waals surface area contributed by atoms with Crippen LogP contribution in [0.5, 0.6) is 5.75 Å². The zero-order chi connectivity index (χ0) is 21.1. The second-order valence-corrected chi connectivity index (χ2v) is 8.10. The molecule has 0 bridgehead atoms. The maximum atomic E-state index is 12.8. The fourth-order valence-corrected chi connectivity index (χ4v) is 4.61. The number of aryl methyl sites for hydroxylation is 1. The van der Waals surface area contributed by atoms with E-state index in [0.29, 0.717) is 22.8 Å². The number of para-hydroxylation sites is 1. The van der Waals surface area contributed by atoms with Gasteiger partial charge in [-0.25, -0.2) is 0 Å². The Morgan fingerprint density at radius 3 is 2.43 bits per heavy atom. The highest BCUT2D eigenvalue weighted by atomic mass is 32.2. The van der Waals surface area contributed by atoms with Crippen molar-refractivity contribution in [2.75, 3.05) is 23.1 Å². The lowest BCUT2D eigenvalue weighted by Crippen LogP contribution is -2.28. The molecule has 0 saturated carbocycles. The van der Waals surface area contributed by atoms with Crippen LogP contribution in [0.4, 0.5) is 11.4 Å². The van der Waals surface area contributed by atoms with E-state index in [4.69, 9.17) is 4.74 Å². The normalized spacial score (nSPS) is 15.9. The number of methoxy groups -OCH3 is 1. The summed E-state index contributed by atoms with van der Waals surface area (Å²) in [6, 6.07) is 22.5. The molecule has 1 unspecified atom stereocenters.